The molecule has 2 atom stereocenters. The summed E-state index contributed by atoms with van der Waals surface area (Å²) in [4.78, 5) is 0. The SMILES string of the molecule is CC(I)C1CNSN1. The lowest BCUT2D eigenvalue weighted by Crippen LogP contribution is -2.29. The van der Waals surface area contributed by atoms with Crippen LogP contribution in [0.2, 0.25) is 0 Å². The first-order valence-corrected chi connectivity index (χ1v) is 4.65. The highest BCUT2D eigenvalue weighted by Crippen LogP contribution is 2.11. The smallest absolute Gasteiger partial charge is 0.0433 e. The maximum Gasteiger partial charge on any atom is 0.0433 e. The lowest BCUT2D eigenvalue weighted by atomic mass is 10.2. The summed E-state index contributed by atoms with van der Waals surface area (Å²) in [5, 5.41) is 0. The Morgan fingerprint density at radius 3 is 2.88 bits per heavy atom. The zero-order valence-electron chi connectivity index (χ0n) is 4.65. The third-order valence-electron chi connectivity index (χ3n) is 1.14. The predicted octanol–water partition coefficient (Wildman–Crippen LogP) is 0.934. The van der Waals surface area contributed by atoms with E-state index in [0.29, 0.717) is 6.04 Å². The summed E-state index contributed by atoms with van der Waals surface area (Å²) in [5.74, 6) is 0. The predicted molar refractivity (Wildman–Crippen MR) is 46.0 cm³/mol. The minimum absolute atomic E-state index is 0.653. The lowest BCUT2D eigenvalue weighted by Gasteiger charge is -2.08. The van der Waals surface area contributed by atoms with Crippen molar-refractivity contribution in [2.75, 3.05) is 6.54 Å². The van der Waals surface area contributed by atoms with Gasteiger partial charge in [-0.05, 0) is 0 Å². The maximum absolute atomic E-state index is 3.25. The fourth-order valence-electron chi connectivity index (χ4n) is 0.547. The fraction of sp³-hybridized carbons (Fsp3) is 1.00. The molecule has 2 N–H and O–H groups in total. The molecule has 1 rings (SSSR count). The molecule has 4 heteroatoms. The summed E-state index contributed by atoms with van der Waals surface area (Å²) >= 11 is 4.03. The van der Waals surface area contributed by atoms with Gasteiger partial charge in [0, 0.05) is 28.6 Å². The first kappa shape index (κ1) is 7.11. The average molecular weight is 244 g/mol. The second kappa shape index (κ2) is 3.24. The van der Waals surface area contributed by atoms with E-state index < -0.39 is 0 Å². The van der Waals surface area contributed by atoms with Crippen LogP contribution >= 0.6 is 34.7 Å². The van der Waals surface area contributed by atoms with Gasteiger partial charge < -0.3 is 0 Å². The number of alkyl halides is 1. The van der Waals surface area contributed by atoms with Crippen molar-refractivity contribution in [3.05, 3.63) is 0 Å². The van der Waals surface area contributed by atoms with Crippen LogP contribution < -0.4 is 9.44 Å². The molecule has 1 saturated heterocycles. The van der Waals surface area contributed by atoms with Gasteiger partial charge in [0.15, 0.2) is 0 Å². The molecule has 2 unspecified atom stereocenters. The van der Waals surface area contributed by atoms with Crippen LogP contribution in [0.5, 0.6) is 0 Å². The molecule has 1 aliphatic heterocycles. The molecule has 2 nitrogen and oxygen atoms in total. The summed E-state index contributed by atoms with van der Waals surface area (Å²) in [6, 6.07) is 0.653. The van der Waals surface area contributed by atoms with Gasteiger partial charge in [-0.3, -0.25) is 0 Å². The molecule has 1 heterocycles. The summed E-state index contributed by atoms with van der Waals surface area (Å²) < 4.78 is 7.13. The van der Waals surface area contributed by atoms with Gasteiger partial charge in [-0.1, -0.05) is 29.5 Å². The number of hydrogen-bond acceptors (Lipinski definition) is 3. The normalized spacial score (nSPS) is 33.0. The third kappa shape index (κ3) is 1.75. The van der Waals surface area contributed by atoms with E-state index in [1.54, 1.807) is 12.1 Å². The van der Waals surface area contributed by atoms with Crippen LogP contribution in [-0.4, -0.2) is 16.5 Å². The molecular weight excluding hydrogens is 235 g/mol. The molecule has 48 valence electrons. The first-order chi connectivity index (χ1) is 3.80. The summed E-state index contributed by atoms with van der Waals surface area (Å²) in [6.07, 6.45) is 0. The molecular formula is C4H9IN2S. The van der Waals surface area contributed by atoms with Crippen molar-refractivity contribution in [2.24, 2.45) is 0 Å². The Hall–Kier alpha value is 1.00. The van der Waals surface area contributed by atoms with Crippen LogP contribution in [0, 0.1) is 0 Å². The summed E-state index contributed by atoms with van der Waals surface area (Å²) in [7, 11) is 0. The van der Waals surface area contributed by atoms with E-state index in [0.717, 1.165) is 10.5 Å². The van der Waals surface area contributed by atoms with Crippen LogP contribution in [0.4, 0.5) is 0 Å². The Labute approximate surface area is 67.6 Å². The molecule has 0 bridgehead atoms. The maximum atomic E-state index is 3.25. The number of nitrogens with one attached hydrogen (secondary N) is 2. The van der Waals surface area contributed by atoms with E-state index in [1.165, 1.54) is 0 Å². The van der Waals surface area contributed by atoms with Crippen LogP contribution in [0.3, 0.4) is 0 Å². The molecule has 0 spiro atoms. The van der Waals surface area contributed by atoms with Crippen molar-refractivity contribution in [1.29, 1.82) is 0 Å². The largest absolute Gasteiger partial charge is 0.249 e. The Morgan fingerprint density at radius 2 is 2.62 bits per heavy atom. The molecule has 0 radical (unpaired) electrons. The molecule has 0 saturated carbocycles. The minimum atomic E-state index is 0.653. The van der Waals surface area contributed by atoms with Gasteiger partial charge in [-0.25, -0.2) is 9.44 Å². The van der Waals surface area contributed by atoms with Gasteiger partial charge >= 0.3 is 0 Å². The Morgan fingerprint density at radius 1 is 1.88 bits per heavy atom. The molecule has 0 amide bonds. The zero-order chi connectivity index (χ0) is 5.98. The van der Waals surface area contributed by atoms with Gasteiger partial charge in [0.05, 0.1) is 0 Å². The van der Waals surface area contributed by atoms with Crippen molar-refractivity contribution < 1.29 is 0 Å². The highest BCUT2D eigenvalue weighted by molar-refractivity contribution is 14.1. The van der Waals surface area contributed by atoms with Gasteiger partial charge in [0.25, 0.3) is 0 Å². The van der Waals surface area contributed by atoms with Crippen molar-refractivity contribution in [3.63, 3.8) is 0 Å². The lowest BCUT2D eigenvalue weighted by molar-refractivity contribution is 0.667. The number of halogens is 1. The van der Waals surface area contributed by atoms with Gasteiger partial charge in [0.1, 0.15) is 0 Å². The van der Waals surface area contributed by atoms with E-state index >= 15 is 0 Å². The molecule has 1 aliphatic rings. The van der Waals surface area contributed by atoms with Crippen LogP contribution in [0.15, 0.2) is 0 Å². The molecule has 1 fully saturated rings. The van der Waals surface area contributed by atoms with Gasteiger partial charge in [-0.15, -0.1) is 0 Å². The monoisotopic (exact) mass is 244 g/mol. The molecule has 0 aromatic carbocycles. The van der Waals surface area contributed by atoms with Crippen molar-refractivity contribution in [2.45, 2.75) is 16.9 Å². The summed E-state index contributed by atoms with van der Waals surface area (Å²) in [6.45, 7) is 3.31. The second-order valence-corrected chi connectivity index (χ2v) is 4.55. The van der Waals surface area contributed by atoms with Crippen molar-refractivity contribution in [1.82, 2.24) is 9.44 Å². The first-order valence-electron chi connectivity index (χ1n) is 2.59. The number of hydrogen-bond donors (Lipinski definition) is 2. The van der Waals surface area contributed by atoms with E-state index in [-0.39, 0.29) is 0 Å². The van der Waals surface area contributed by atoms with Crippen molar-refractivity contribution >= 4 is 34.7 Å². The molecule has 0 aromatic rings. The quantitative estimate of drug-likeness (QED) is 0.407. The van der Waals surface area contributed by atoms with Crippen molar-refractivity contribution in [3.8, 4) is 0 Å². The highest BCUT2D eigenvalue weighted by atomic mass is 127. The Balaban J connectivity index is 2.24. The average Bonchev–Trinajstić information content (AvgIpc) is 2.12. The van der Waals surface area contributed by atoms with E-state index in [9.17, 15) is 0 Å². The van der Waals surface area contributed by atoms with Crippen LogP contribution in [-0.2, 0) is 0 Å². The Kier molecular flexibility index (Phi) is 2.88. The molecule has 8 heavy (non-hydrogen) atoms. The van der Waals surface area contributed by atoms with E-state index in [2.05, 4.69) is 39.0 Å². The second-order valence-electron chi connectivity index (χ2n) is 1.85. The third-order valence-corrected chi connectivity index (χ3v) is 2.74. The van der Waals surface area contributed by atoms with E-state index in [1.807, 2.05) is 0 Å². The van der Waals surface area contributed by atoms with Crippen LogP contribution in [0.25, 0.3) is 0 Å². The Bertz CT molecular complexity index is 72.4. The van der Waals surface area contributed by atoms with E-state index in [4.69, 9.17) is 0 Å². The summed E-state index contributed by atoms with van der Waals surface area (Å²) in [5.41, 5.74) is 0. The minimum Gasteiger partial charge on any atom is -0.249 e. The zero-order valence-corrected chi connectivity index (χ0v) is 7.62. The molecule has 0 aliphatic carbocycles. The van der Waals surface area contributed by atoms with Gasteiger partial charge in [0.2, 0.25) is 0 Å². The van der Waals surface area contributed by atoms with Gasteiger partial charge in [-0.2, -0.15) is 0 Å². The number of rotatable bonds is 1. The fourth-order valence-corrected chi connectivity index (χ4v) is 2.01. The standard InChI is InChI=1S/C4H9IN2S/c1-3(5)4-2-6-8-7-4/h3-4,6-7H,2H2,1H3. The highest BCUT2D eigenvalue weighted by Gasteiger charge is 2.18. The topological polar surface area (TPSA) is 24.1 Å². The molecule has 0 aromatic heterocycles. The van der Waals surface area contributed by atoms with Crippen LogP contribution in [0.1, 0.15) is 6.92 Å².